The van der Waals surface area contributed by atoms with Gasteiger partial charge >= 0.3 is 0 Å². The van der Waals surface area contributed by atoms with E-state index in [2.05, 4.69) is 5.32 Å². The molecule has 0 aliphatic rings. The van der Waals surface area contributed by atoms with Gasteiger partial charge < -0.3 is 14.8 Å². The minimum absolute atomic E-state index is 0.239. The quantitative estimate of drug-likeness (QED) is 0.892. The zero-order chi connectivity index (χ0) is 15.9. The molecule has 1 N–H and O–H groups in total. The number of halogens is 1. The minimum atomic E-state index is -0.261. The van der Waals surface area contributed by atoms with Crippen LogP contribution in [0.15, 0.2) is 42.5 Å². The largest absolute Gasteiger partial charge is 0.493 e. The molecule has 116 valence electrons. The van der Waals surface area contributed by atoms with Gasteiger partial charge in [0, 0.05) is 12.1 Å². The Morgan fingerprint density at radius 1 is 1.09 bits per heavy atom. The summed E-state index contributed by atoms with van der Waals surface area (Å²) in [6.45, 7) is 0.355. The first-order chi connectivity index (χ1) is 10.7. The highest BCUT2D eigenvalue weighted by molar-refractivity contribution is 5.94. The Bertz CT molecular complexity index is 658. The predicted octanol–water partition coefficient (Wildman–Crippen LogP) is 2.82. The van der Waals surface area contributed by atoms with Crippen molar-refractivity contribution < 1.29 is 18.7 Å². The molecule has 0 heterocycles. The van der Waals surface area contributed by atoms with Crippen molar-refractivity contribution in [1.29, 1.82) is 0 Å². The van der Waals surface area contributed by atoms with Crippen LogP contribution in [0.25, 0.3) is 0 Å². The van der Waals surface area contributed by atoms with Crippen molar-refractivity contribution in [3.8, 4) is 11.5 Å². The van der Waals surface area contributed by atoms with Crippen molar-refractivity contribution in [2.24, 2.45) is 0 Å². The lowest BCUT2D eigenvalue weighted by Crippen LogP contribution is -2.25. The van der Waals surface area contributed by atoms with Gasteiger partial charge in [-0.05, 0) is 36.2 Å². The minimum Gasteiger partial charge on any atom is -0.493 e. The van der Waals surface area contributed by atoms with Crippen LogP contribution in [0.4, 0.5) is 4.39 Å². The molecule has 0 saturated carbocycles. The first kappa shape index (κ1) is 15.8. The second kappa shape index (κ2) is 7.45. The van der Waals surface area contributed by atoms with Gasteiger partial charge in [0.25, 0.3) is 5.91 Å². The molecule has 22 heavy (non-hydrogen) atoms. The normalized spacial score (nSPS) is 10.1. The van der Waals surface area contributed by atoms with E-state index in [1.807, 2.05) is 0 Å². The second-order valence-corrected chi connectivity index (χ2v) is 4.67. The Labute approximate surface area is 128 Å². The van der Waals surface area contributed by atoms with Crippen LogP contribution in [-0.4, -0.2) is 26.7 Å². The summed E-state index contributed by atoms with van der Waals surface area (Å²) in [5.41, 5.74) is 1.04. The van der Waals surface area contributed by atoms with Crippen molar-refractivity contribution in [3.05, 3.63) is 59.4 Å². The summed E-state index contributed by atoms with van der Waals surface area (Å²) in [5, 5.41) is 2.76. The van der Waals surface area contributed by atoms with Gasteiger partial charge in [-0.2, -0.15) is 0 Å². The third-order valence-electron chi connectivity index (χ3n) is 3.28. The van der Waals surface area contributed by atoms with E-state index in [1.54, 1.807) is 36.4 Å². The lowest BCUT2D eigenvalue weighted by Gasteiger charge is -2.10. The van der Waals surface area contributed by atoms with E-state index in [4.69, 9.17) is 9.47 Å². The number of nitrogens with one attached hydrogen (secondary N) is 1. The molecule has 0 saturated heterocycles. The summed E-state index contributed by atoms with van der Waals surface area (Å²) in [7, 11) is 3.05. The number of benzene rings is 2. The fourth-order valence-electron chi connectivity index (χ4n) is 2.09. The average molecular weight is 303 g/mol. The predicted molar refractivity (Wildman–Crippen MR) is 82.0 cm³/mol. The van der Waals surface area contributed by atoms with E-state index in [0.717, 1.165) is 0 Å². The third kappa shape index (κ3) is 3.75. The Hall–Kier alpha value is -2.56. The van der Waals surface area contributed by atoms with Gasteiger partial charge in [-0.25, -0.2) is 4.39 Å². The number of methoxy groups -OCH3 is 2. The van der Waals surface area contributed by atoms with Gasteiger partial charge in [-0.1, -0.05) is 18.2 Å². The molecule has 0 atom stereocenters. The van der Waals surface area contributed by atoms with Crippen LogP contribution >= 0.6 is 0 Å². The maximum absolute atomic E-state index is 13.5. The number of hydrogen-bond donors (Lipinski definition) is 1. The van der Waals surface area contributed by atoms with E-state index in [1.165, 1.54) is 20.3 Å². The Kier molecular flexibility index (Phi) is 5.36. The van der Waals surface area contributed by atoms with E-state index in [0.29, 0.717) is 35.6 Å². The molecule has 2 aromatic rings. The van der Waals surface area contributed by atoms with Crippen molar-refractivity contribution in [2.45, 2.75) is 6.42 Å². The summed E-state index contributed by atoms with van der Waals surface area (Å²) in [6.07, 6.45) is 0.436. The Balaban J connectivity index is 1.96. The summed E-state index contributed by atoms with van der Waals surface area (Å²) in [4.78, 5) is 12.1. The third-order valence-corrected chi connectivity index (χ3v) is 3.28. The van der Waals surface area contributed by atoms with Crippen molar-refractivity contribution >= 4 is 5.91 Å². The highest BCUT2D eigenvalue weighted by Crippen LogP contribution is 2.27. The number of amides is 1. The molecule has 0 unspecified atom stereocenters. The zero-order valence-corrected chi connectivity index (χ0v) is 12.6. The van der Waals surface area contributed by atoms with E-state index in [-0.39, 0.29) is 11.7 Å². The average Bonchev–Trinajstić information content (AvgIpc) is 2.55. The first-order valence-electron chi connectivity index (χ1n) is 6.89. The number of hydrogen-bond acceptors (Lipinski definition) is 3. The molecule has 2 aromatic carbocycles. The van der Waals surface area contributed by atoms with E-state index in [9.17, 15) is 9.18 Å². The van der Waals surface area contributed by atoms with Crippen molar-refractivity contribution in [3.63, 3.8) is 0 Å². The fourth-order valence-corrected chi connectivity index (χ4v) is 2.09. The Morgan fingerprint density at radius 3 is 2.50 bits per heavy atom. The van der Waals surface area contributed by atoms with Crippen LogP contribution in [0.3, 0.4) is 0 Å². The van der Waals surface area contributed by atoms with Crippen molar-refractivity contribution in [1.82, 2.24) is 5.32 Å². The summed E-state index contributed by atoms with van der Waals surface area (Å²) in [5.74, 6) is 0.551. The zero-order valence-electron chi connectivity index (χ0n) is 12.6. The van der Waals surface area contributed by atoms with Crippen LogP contribution in [0.5, 0.6) is 11.5 Å². The number of rotatable bonds is 6. The van der Waals surface area contributed by atoms with Crippen LogP contribution in [0, 0.1) is 5.82 Å². The number of carbonyl (C=O) groups is 1. The molecule has 0 aliphatic carbocycles. The number of carbonyl (C=O) groups excluding carboxylic acids is 1. The maximum Gasteiger partial charge on any atom is 0.251 e. The van der Waals surface area contributed by atoms with Crippen LogP contribution in [0.1, 0.15) is 15.9 Å². The molecule has 0 aliphatic heterocycles. The maximum atomic E-state index is 13.5. The molecular weight excluding hydrogens is 285 g/mol. The smallest absolute Gasteiger partial charge is 0.251 e. The van der Waals surface area contributed by atoms with Gasteiger partial charge in [-0.3, -0.25) is 4.79 Å². The summed E-state index contributed by atoms with van der Waals surface area (Å²) in [6, 6.07) is 11.5. The monoisotopic (exact) mass is 303 g/mol. The fraction of sp³-hybridized carbons (Fsp3) is 0.235. The molecule has 0 spiro atoms. The highest BCUT2D eigenvalue weighted by atomic mass is 19.1. The lowest BCUT2D eigenvalue weighted by atomic mass is 10.1. The molecule has 5 heteroatoms. The molecule has 4 nitrogen and oxygen atoms in total. The van der Waals surface area contributed by atoms with E-state index >= 15 is 0 Å². The van der Waals surface area contributed by atoms with Gasteiger partial charge in [0.2, 0.25) is 0 Å². The molecule has 1 amide bonds. The topological polar surface area (TPSA) is 47.6 Å². The summed E-state index contributed by atoms with van der Waals surface area (Å²) >= 11 is 0. The second-order valence-electron chi connectivity index (χ2n) is 4.67. The van der Waals surface area contributed by atoms with Crippen molar-refractivity contribution in [2.75, 3.05) is 20.8 Å². The SMILES string of the molecule is COc1ccc(C(=O)NCCc2ccccc2F)cc1OC. The Morgan fingerprint density at radius 2 is 1.82 bits per heavy atom. The highest BCUT2D eigenvalue weighted by Gasteiger charge is 2.10. The number of ether oxygens (including phenoxy) is 2. The molecule has 2 rings (SSSR count). The van der Waals surface area contributed by atoms with Crippen LogP contribution in [0.2, 0.25) is 0 Å². The molecule has 0 radical (unpaired) electrons. The van der Waals surface area contributed by atoms with Crippen LogP contribution < -0.4 is 14.8 Å². The first-order valence-corrected chi connectivity index (χ1v) is 6.89. The van der Waals surface area contributed by atoms with Gasteiger partial charge in [0.15, 0.2) is 11.5 Å². The standard InChI is InChI=1S/C17H18FNO3/c1-21-15-8-7-13(11-16(15)22-2)17(20)19-10-9-12-5-3-4-6-14(12)18/h3-8,11H,9-10H2,1-2H3,(H,19,20). The van der Waals surface area contributed by atoms with Crippen LogP contribution in [-0.2, 0) is 6.42 Å². The summed E-state index contributed by atoms with van der Waals surface area (Å²) < 4.78 is 23.8. The molecule has 0 aromatic heterocycles. The van der Waals surface area contributed by atoms with E-state index < -0.39 is 0 Å². The molecular formula is C17H18FNO3. The molecule has 0 bridgehead atoms. The molecule has 0 fully saturated rings. The van der Waals surface area contributed by atoms with Gasteiger partial charge in [0.05, 0.1) is 14.2 Å². The van der Waals surface area contributed by atoms with Gasteiger partial charge in [0.1, 0.15) is 5.82 Å². The van der Waals surface area contributed by atoms with Gasteiger partial charge in [-0.15, -0.1) is 0 Å². The lowest BCUT2D eigenvalue weighted by molar-refractivity contribution is 0.0953.